The van der Waals surface area contributed by atoms with Crippen molar-refractivity contribution in [1.82, 2.24) is 4.98 Å². The molecule has 5 rings (SSSR count). The third-order valence-corrected chi connectivity index (χ3v) is 5.34. The van der Waals surface area contributed by atoms with Crippen LogP contribution in [0.5, 0.6) is 17.2 Å². The molecule has 160 valence electrons. The number of carbonyl (C=O) groups excluding carboxylic acids is 1. The average molecular weight is 447 g/mol. The smallest absolute Gasteiger partial charge is 0.256 e. The van der Waals surface area contributed by atoms with Crippen molar-refractivity contribution >= 4 is 34.1 Å². The fourth-order valence-corrected chi connectivity index (χ4v) is 3.83. The van der Waals surface area contributed by atoms with E-state index in [-0.39, 0.29) is 12.7 Å². The quantitative estimate of drug-likeness (QED) is 0.411. The largest absolute Gasteiger partial charge is 0.493 e. The Kier molecular flexibility index (Phi) is 5.29. The first kappa shape index (κ1) is 20.2. The molecule has 1 amide bonds. The molecule has 0 fully saturated rings. The van der Waals surface area contributed by atoms with Crippen molar-refractivity contribution in [1.29, 1.82) is 0 Å². The molecule has 1 aromatic heterocycles. The molecule has 0 aliphatic carbocycles. The molecular formula is C25H19ClN2O4. The maximum Gasteiger partial charge on any atom is 0.256 e. The van der Waals surface area contributed by atoms with Crippen molar-refractivity contribution in [3.8, 4) is 28.5 Å². The summed E-state index contributed by atoms with van der Waals surface area (Å²) in [6.07, 6.45) is 0. The van der Waals surface area contributed by atoms with Crippen LogP contribution in [0.2, 0.25) is 5.02 Å². The first-order valence-electron chi connectivity index (χ1n) is 10.2. The molecule has 4 aromatic rings. The van der Waals surface area contributed by atoms with Crippen LogP contribution in [0, 0.1) is 0 Å². The third kappa shape index (κ3) is 3.81. The summed E-state index contributed by atoms with van der Waals surface area (Å²) < 4.78 is 16.5. The summed E-state index contributed by atoms with van der Waals surface area (Å²) >= 11 is 6.23. The summed E-state index contributed by atoms with van der Waals surface area (Å²) in [7, 11) is 0. The number of carbonyl (C=O) groups is 1. The number of ether oxygens (including phenoxy) is 3. The van der Waals surface area contributed by atoms with Gasteiger partial charge in [-0.05, 0) is 55.5 Å². The number of anilines is 1. The van der Waals surface area contributed by atoms with E-state index in [0.29, 0.717) is 56.7 Å². The second-order valence-corrected chi connectivity index (χ2v) is 7.60. The Morgan fingerprint density at radius 3 is 2.78 bits per heavy atom. The van der Waals surface area contributed by atoms with Crippen LogP contribution in [0.4, 0.5) is 5.69 Å². The Hall–Kier alpha value is -3.77. The summed E-state index contributed by atoms with van der Waals surface area (Å²) in [5, 5.41) is 4.13. The second kappa shape index (κ2) is 8.40. The monoisotopic (exact) mass is 446 g/mol. The zero-order valence-corrected chi connectivity index (χ0v) is 18.0. The molecule has 0 atom stereocenters. The minimum Gasteiger partial charge on any atom is -0.493 e. The van der Waals surface area contributed by atoms with Crippen LogP contribution in [0.3, 0.4) is 0 Å². The SMILES string of the molecule is CCOc1ccccc1-c1cc(C(=O)Nc2ccc3c(c2)OCO3)c2cc(Cl)ccc2n1. The van der Waals surface area contributed by atoms with Crippen molar-refractivity contribution in [3.05, 3.63) is 77.3 Å². The number of nitrogens with zero attached hydrogens (tertiary/aromatic N) is 1. The van der Waals surface area contributed by atoms with Crippen LogP contribution in [0.25, 0.3) is 22.2 Å². The molecule has 0 unspecified atom stereocenters. The van der Waals surface area contributed by atoms with E-state index >= 15 is 0 Å². The van der Waals surface area contributed by atoms with Gasteiger partial charge >= 0.3 is 0 Å². The minimum absolute atomic E-state index is 0.169. The lowest BCUT2D eigenvalue weighted by Crippen LogP contribution is -2.13. The summed E-state index contributed by atoms with van der Waals surface area (Å²) in [4.78, 5) is 18.1. The van der Waals surface area contributed by atoms with E-state index < -0.39 is 0 Å². The van der Waals surface area contributed by atoms with Crippen LogP contribution < -0.4 is 19.5 Å². The molecular weight excluding hydrogens is 428 g/mol. The minimum atomic E-state index is -0.284. The van der Waals surface area contributed by atoms with Crippen LogP contribution in [-0.2, 0) is 0 Å². The molecule has 7 heteroatoms. The van der Waals surface area contributed by atoms with Crippen molar-refractivity contribution in [2.24, 2.45) is 0 Å². The predicted molar refractivity (Wildman–Crippen MR) is 124 cm³/mol. The lowest BCUT2D eigenvalue weighted by Gasteiger charge is -2.13. The van der Waals surface area contributed by atoms with E-state index in [2.05, 4.69) is 5.32 Å². The van der Waals surface area contributed by atoms with Gasteiger partial charge in [-0.15, -0.1) is 0 Å². The number of amides is 1. The number of para-hydroxylation sites is 1. The number of fused-ring (bicyclic) bond motifs is 2. The normalized spacial score (nSPS) is 12.1. The van der Waals surface area contributed by atoms with Gasteiger partial charge in [-0.3, -0.25) is 4.79 Å². The number of hydrogen-bond donors (Lipinski definition) is 1. The standard InChI is InChI=1S/C25H19ClN2O4/c1-2-30-22-6-4-3-5-17(22)21-13-19(18-11-15(26)7-9-20(18)28-21)25(29)27-16-8-10-23-24(12-16)32-14-31-23/h3-13H,2,14H2,1H3,(H,27,29). The Morgan fingerprint density at radius 2 is 1.91 bits per heavy atom. The van der Waals surface area contributed by atoms with Crippen molar-refractivity contribution < 1.29 is 19.0 Å². The Labute approximate surface area is 189 Å². The number of aromatic nitrogens is 1. The molecule has 3 aromatic carbocycles. The van der Waals surface area contributed by atoms with Crippen molar-refractivity contribution in [2.75, 3.05) is 18.7 Å². The highest BCUT2D eigenvalue weighted by molar-refractivity contribution is 6.31. The van der Waals surface area contributed by atoms with Gasteiger partial charge in [0.1, 0.15) is 5.75 Å². The van der Waals surface area contributed by atoms with Crippen LogP contribution in [0.1, 0.15) is 17.3 Å². The lowest BCUT2D eigenvalue weighted by atomic mass is 10.0. The molecule has 32 heavy (non-hydrogen) atoms. The van der Waals surface area contributed by atoms with Crippen molar-refractivity contribution in [2.45, 2.75) is 6.92 Å². The zero-order chi connectivity index (χ0) is 22.1. The fourth-order valence-electron chi connectivity index (χ4n) is 3.66. The summed E-state index contributed by atoms with van der Waals surface area (Å²) in [5.41, 5.74) is 3.16. The first-order chi connectivity index (χ1) is 15.6. The molecule has 1 aliphatic heterocycles. The maximum absolute atomic E-state index is 13.3. The highest BCUT2D eigenvalue weighted by Crippen LogP contribution is 2.35. The van der Waals surface area contributed by atoms with Crippen LogP contribution >= 0.6 is 11.6 Å². The molecule has 6 nitrogen and oxygen atoms in total. The fraction of sp³-hybridized carbons (Fsp3) is 0.120. The number of benzene rings is 3. The van der Waals surface area contributed by atoms with Gasteiger partial charge in [0.25, 0.3) is 5.91 Å². The van der Waals surface area contributed by atoms with Crippen LogP contribution in [0.15, 0.2) is 66.7 Å². The van der Waals surface area contributed by atoms with Crippen molar-refractivity contribution in [3.63, 3.8) is 0 Å². The van der Waals surface area contributed by atoms with Gasteiger partial charge in [-0.25, -0.2) is 4.98 Å². The Morgan fingerprint density at radius 1 is 1.06 bits per heavy atom. The number of halogens is 1. The lowest BCUT2D eigenvalue weighted by molar-refractivity contribution is 0.102. The van der Waals surface area contributed by atoms with Gasteiger partial charge in [0.15, 0.2) is 11.5 Å². The number of nitrogens with one attached hydrogen (secondary N) is 1. The topological polar surface area (TPSA) is 69.7 Å². The molecule has 0 saturated carbocycles. The number of pyridine rings is 1. The summed E-state index contributed by atoms with van der Waals surface area (Å²) in [6.45, 7) is 2.62. The van der Waals surface area contributed by atoms with E-state index in [0.717, 1.165) is 5.56 Å². The first-order valence-corrected chi connectivity index (χ1v) is 10.5. The van der Waals surface area contributed by atoms with E-state index in [1.165, 1.54) is 0 Å². The maximum atomic E-state index is 13.3. The van der Waals surface area contributed by atoms with Gasteiger partial charge < -0.3 is 19.5 Å². The number of hydrogen-bond acceptors (Lipinski definition) is 5. The number of rotatable bonds is 5. The molecule has 2 heterocycles. The molecule has 0 spiro atoms. The molecule has 0 radical (unpaired) electrons. The van der Waals surface area contributed by atoms with E-state index in [4.69, 9.17) is 30.8 Å². The summed E-state index contributed by atoms with van der Waals surface area (Å²) in [6, 6.07) is 20.0. The summed E-state index contributed by atoms with van der Waals surface area (Å²) in [5.74, 6) is 1.67. The average Bonchev–Trinajstić information content (AvgIpc) is 3.27. The van der Waals surface area contributed by atoms with Gasteiger partial charge in [0, 0.05) is 27.7 Å². The van der Waals surface area contributed by atoms with Gasteiger partial charge in [-0.1, -0.05) is 23.7 Å². The van der Waals surface area contributed by atoms with Crippen LogP contribution in [-0.4, -0.2) is 24.3 Å². The van der Waals surface area contributed by atoms with Gasteiger partial charge in [0.05, 0.1) is 23.4 Å². The molecule has 1 N–H and O–H groups in total. The zero-order valence-electron chi connectivity index (χ0n) is 17.2. The third-order valence-electron chi connectivity index (χ3n) is 5.11. The molecule has 1 aliphatic rings. The van der Waals surface area contributed by atoms with E-state index in [9.17, 15) is 4.79 Å². The molecule has 0 saturated heterocycles. The Balaban J connectivity index is 1.59. The highest BCUT2D eigenvalue weighted by Gasteiger charge is 2.18. The second-order valence-electron chi connectivity index (χ2n) is 7.17. The van der Waals surface area contributed by atoms with E-state index in [1.807, 2.05) is 37.3 Å². The van der Waals surface area contributed by atoms with E-state index in [1.54, 1.807) is 36.4 Å². The highest BCUT2D eigenvalue weighted by atomic mass is 35.5. The van der Waals surface area contributed by atoms with Gasteiger partial charge in [-0.2, -0.15) is 0 Å². The Bertz CT molecular complexity index is 1340. The van der Waals surface area contributed by atoms with Gasteiger partial charge in [0.2, 0.25) is 6.79 Å². The predicted octanol–water partition coefficient (Wildman–Crippen LogP) is 5.93. The molecule has 0 bridgehead atoms.